The fourth-order valence-electron chi connectivity index (χ4n) is 4.32. The van der Waals surface area contributed by atoms with Gasteiger partial charge in [-0.1, -0.05) is 72.8 Å². The number of carbonyl (C=O) groups excluding carboxylic acids is 3. The summed E-state index contributed by atoms with van der Waals surface area (Å²) in [6.07, 6.45) is 3.22. The van der Waals surface area contributed by atoms with Gasteiger partial charge in [0.05, 0.1) is 17.9 Å². The minimum atomic E-state index is -1.04. The van der Waals surface area contributed by atoms with Crippen molar-refractivity contribution in [3.05, 3.63) is 83.9 Å². The Morgan fingerprint density at radius 2 is 1.44 bits per heavy atom. The third kappa shape index (κ3) is 2.96. The van der Waals surface area contributed by atoms with Crippen molar-refractivity contribution in [1.29, 1.82) is 0 Å². The van der Waals surface area contributed by atoms with Gasteiger partial charge in [0.25, 0.3) is 0 Å². The first kappa shape index (κ1) is 17.6. The fourth-order valence-corrected chi connectivity index (χ4v) is 4.32. The first-order chi connectivity index (χ1) is 13.0. The molecular formula is C23H20O4. The minimum absolute atomic E-state index is 0.0704. The summed E-state index contributed by atoms with van der Waals surface area (Å²) in [5.74, 6) is -1.70. The van der Waals surface area contributed by atoms with Gasteiger partial charge in [-0.15, -0.1) is 0 Å². The molecule has 0 unspecified atom stereocenters. The highest BCUT2D eigenvalue weighted by Gasteiger charge is 2.61. The Hall–Kier alpha value is -2.85. The van der Waals surface area contributed by atoms with Gasteiger partial charge in [-0.25, -0.2) is 0 Å². The molecule has 0 radical (unpaired) electrons. The van der Waals surface area contributed by atoms with E-state index in [1.807, 2.05) is 18.2 Å². The Kier molecular flexibility index (Phi) is 4.36. The van der Waals surface area contributed by atoms with Crippen molar-refractivity contribution >= 4 is 17.3 Å². The molecule has 0 spiro atoms. The SMILES string of the molecule is CC(=O)C[C@]12C=C[C@@H](O1)[C@H](C(=O)c1ccccc1)[C@@H]2C(=O)c1ccccc1. The zero-order valence-electron chi connectivity index (χ0n) is 15.0. The number of hydrogen-bond donors (Lipinski definition) is 0. The van der Waals surface area contributed by atoms with Crippen molar-refractivity contribution < 1.29 is 19.1 Å². The zero-order valence-corrected chi connectivity index (χ0v) is 15.0. The lowest BCUT2D eigenvalue weighted by Gasteiger charge is -2.31. The second-order valence-corrected chi connectivity index (χ2v) is 7.24. The molecule has 2 aliphatic heterocycles. The Morgan fingerprint density at radius 3 is 2.00 bits per heavy atom. The molecule has 0 saturated carbocycles. The molecule has 4 rings (SSSR count). The molecule has 2 bridgehead atoms. The maximum atomic E-state index is 13.4. The van der Waals surface area contributed by atoms with Gasteiger partial charge < -0.3 is 4.74 Å². The quantitative estimate of drug-likeness (QED) is 0.582. The summed E-state index contributed by atoms with van der Waals surface area (Å²) in [5.41, 5.74) is 0.0372. The van der Waals surface area contributed by atoms with E-state index in [-0.39, 0.29) is 23.8 Å². The van der Waals surface area contributed by atoms with Crippen molar-refractivity contribution in [2.75, 3.05) is 0 Å². The lowest BCUT2D eigenvalue weighted by Crippen LogP contribution is -2.44. The second-order valence-electron chi connectivity index (χ2n) is 7.24. The topological polar surface area (TPSA) is 60.4 Å². The molecule has 0 aliphatic carbocycles. The summed E-state index contributed by atoms with van der Waals surface area (Å²) < 4.78 is 6.11. The Morgan fingerprint density at radius 1 is 0.889 bits per heavy atom. The number of fused-ring (bicyclic) bond motifs is 2. The van der Waals surface area contributed by atoms with Crippen molar-refractivity contribution in [2.45, 2.75) is 25.0 Å². The number of carbonyl (C=O) groups is 3. The molecule has 0 N–H and O–H groups in total. The molecule has 0 aromatic heterocycles. The van der Waals surface area contributed by atoms with E-state index in [2.05, 4.69) is 0 Å². The number of hydrogen-bond acceptors (Lipinski definition) is 4. The highest BCUT2D eigenvalue weighted by molar-refractivity contribution is 6.07. The predicted molar refractivity (Wildman–Crippen MR) is 101 cm³/mol. The molecule has 4 atom stereocenters. The number of ketones is 3. The monoisotopic (exact) mass is 360 g/mol. The van der Waals surface area contributed by atoms with Crippen LogP contribution in [0.25, 0.3) is 0 Å². The standard InChI is InChI=1S/C23H20O4/c1-15(24)14-23-13-12-18(27-23)19(21(25)16-8-4-2-5-9-16)20(23)22(26)17-10-6-3-7-11-17/h2-13,18-20H,14H2,1H3/t18-,19+,20-,23+/m1/s1. The van der Waals surface area contributed by atoms with Crippen LogP contribution in [0.15, 0.2) is 72.8 Å². The van der Waals surface area contributed by atoms with E-state index in [1.165, 1.54) is 6.92 Å². The van der Waals surface area contributed by atoms with Crippen molar-refractivity contribution in [1.82, 2.24) is 0 Å². The summed E-state index contributed by atoms with van der Waals surface area (Å²) in [6, 6.07) is 17.9. The first-order valence-corrected chi connectivity index (χ1v) is 9.07. The summed E-state index contributed by atoms with van der Waals surface area (Å²) in [4.78, 5) is 38.6. The maximum Gasteiger partial charge on any atom is 0.170 e. The van der Waals surface area contributed by atoms with Gasteiger partial charge in [0, 0.05) is 17.5 Å². The average molecular weight is 360 g/mol. The summed E-state index contributed by atoms with van der Waals surface area (Å²) in [6.45, 7) is 1.48. The number of benzene rings is 2. The van der Waals surface area contributed by atoms with Crippen LogP contribution in [0, 0.1) is 11.8 Å². The maximum absolute atomic E-state index is 13.4. The Labute approximate surface area is 157 Å². The summed E-state index contributed by atoms with van der Waals surface area (Å²) in [7, 11) is 0. The third-order valence-electron chi connectivity index (χ3n) is 5.39. The lowest BCUT2D eigenvalue weighted by atomic mass is 9.68. The van der Waals surface area contributed by atoms with Gasteiger partial charge in [0.2, 0.25) is 0 Å². The molecule has 2 heterocycles. The molecular weight excluding hydrogens is 340 g/mol. The van der Waals surface area contributed by atoms with E-state index < -0.39 is 23.5 Å². The van der Waals surface area contributed by atoms with E-state index in [0.29, 0.717) is 11.1 Å². The molecule has 1 saturated heterocycles. The van der Waals surface area contributed by atoms with E-state index >= 15 is 0 Å². The van der Waals surface area contributed by atoms with Crippen LogP contribution in [0.5, 0.6) is 0 Å². The highest BCUT2D eigenvalue weighted by Crippen LogP contribution is 2.51. The number of rotatable bonds is 6. The summed E-state index contributed by atoms with van der Waals surface area (Å²) in [5, 5.41) is 0. The molecule has 2 aliphatic rings. The molecule has 2 aromatic carbocycles. The summed E-state index contributed by atoms with van der Waals surface area (Å²) >= 11 is 0. The van der Waals surface area contributed by atoms with Gasteiger partial charge in [0.15, 0.2) is 11.6 Å². The largest absolute Gasteiger partial charge is 0.362 e. The van der Waals surface area contributed by atoms with Gasteiger partial charge >= 0.3 is 0 Å². The fraction of sp³-hybridized carbons (Fsp3) is 0.261. The molecule has 4 nitrogen and oxygen atoms in total. The number of Topliss-reactive ketones (excluding diaryl/α,β-unsaturated/α-hetero) is 3. The molecule has 27 heavy (non-hydrogen) atoms. The van der Waals surface area contributed by atoms with Crippen molar-refractivity contribution in [3.8, 4) is 0 Å². The highest BCUT2D eigenvalue weighted by atomic mass is 16.5. The van der Waals surface area contributed by atoms with Gasteiger partial charge in [0.1, 0.15) is 11.4 Å². The van der Waals surface area contributed by atoms with Gasteiger partial charge in [-0.05, 0) is 6.92 Å². The second kappa shape index (κ2) is 6.71. The zero-order chi connectivity index (χ0) is 19.0. The predicted octanol–water partition coefficient (Wildman–Crippen LogP) is 3.67. The van der Waals surface area contributed by atoms with E-state index in [4.69, 9.17) is 4.74 Å². The minimum Gasteiger partial charge on any atom is -0.362 e. The normalized spacial score (nSPS) is 28.3. The van der Waals surface area contributed by atoms with Crippen LogP contribution < -0.4 is 0 Å². The molecule has 0 amide bonds. The van der Waals surface area contributed by atoms with E-state index in [1.54, 1.807) is 54.6 Å². The number of ether oxygens (including phenoxy) is 1. The smallest absolute Gasteiger partial charge is 0.170 e. The lowest BCUT2D eigenvalue weighted by molar-refractivity contribution is -0.121. The van der Waals surface area contributed by atoms with Gasteiger partial charge in [-0.3, -0.25) is 14.4 Å². The van der Waals surface area contributed by atoms with Gasteiger partial charge in [-0.2, -0.15) is 0 Å². The third-order valence-corrected chi connectivity index (χ3v) is 5.39. The van der Waals surface area contributed by atoms with E-state index in [0.717, 1.165) is 0 Å². The van der Waals surface area contributed by atoms with Crippen LogP contribution in [-0.2, 0) is 9.53 Å². The molecule has 4 heteroatoms. The molecule has 1 fully saturated rings. The Bertz CT molecular complexity index is 916. The van der Waals surface area contributed by atoms with Crippen LogP contribution in [0.2, 0.25) is 0 Å². The van der Waals surface area contributed by atoms with Crippen molar-refractivity contribution in [2.24, 2.45) is 11.8 Å². The van der Waals surface area contributed by atoms with Crippen LogP contribution in [-0.4, -0.2) is 29.1 Å². The van der Waals surface area contributed by atoms with Crippen LogP contribution in [0.3, 0.4) is 0 Å². The molecule has 136 valence electrons. The van der Waals surface area contributed by atoms with E-state index in [9.17, 15) is 14.4 Å². The van der Waals surface area contributed by atoms with Crippen molar-refractivity contribution in [3.63, 3.8) is 0 Å². The first-order valence-electron chi connectivity index (χ1n) is 9.07. The Balaban J connectivity index is 1.78. The van der Waals surface area contributed by atoms with Crippen LogP contribution in [0.1, 0.15) is 34.1 Å². The van der Waals surface area contributed by atoms with Crippen LogP contribution >= 0.6 is 0 Å². The van der Waals surface area contributed by atoms with Crippen LogP contribution in [0.4, 0.5) is 0 Å². The molecule has 2 aromatic rings. The average Bonchev–Trinajstić information content (AvgIpc) is 3.23.